The molecule has 0 saturated heterocycles. The van der Waals surface area contributed by atoms with Crippen LogP contribution in [0.3, 0.4) is 0 Å². The first-order valence-corrected chi connectivity index (χ1v) is 10.7. The summed E-state index contributed by atoms with van der Waals surface area (Å²) in [6.07, 6.45) is 3.99. The van der Waals surface area contributed by atoms with Crippen LogP contribution in [0.1, 0.15) is 13.8 Å². The number of aryl methyl sites for hydroxylation is 1. The smallest absolute Gasteiger partial charge is 0.170 e. The van der Waals surface area contributed by atoms with Crippen molar-refractivity contribution in [1.82, 2.24) is 4.98 Å². The fraction of sp³-hybridized carbons (Fsp3) is 0.192. The number of hydrogen-bond acceptors (Lipinski definition) is 4. The number of rotatable bonds is 4. The molecule has 1 aliphatic carbocycles. The number of fused-ring (bicyclic) bond motifs is 4. The Bertz CT molecular complexity index is 1420. The van der Waals surface area contributed by atoms with Crippen LogP contribution >= 0.6 is 0 Å². The van der Waals surface area contributed by atoms with E-state index in [0.29, 0.717) is 0 Å². The average molecular weight is 536 g/mol. The first kappa shape index (κ1) is 22.2. The zero-order valence-corrected chi connectivity index (χ0v) is 20.6. The largest absolute Gasteiger partial charge is 1.00 e. The van der Waals surface area contributed by atoms with Crippen LogP contribution in [0, 0.1) is 0 Å². The van der Waals surface area contributed by atoms with E-state index < -0.39 is 0 Å². The van der Waals surface area contributed by atoms with Crippen molar-refractivity contribution < 1.29 is 33.0 Å². The summed E-state index contributed by atoms with van der Waals surface area (Å²) < 4.78 is 8.37. The predicted molar refractivity (Wildman–Crippen MR) is 125 cm³/mol. The fourth-order valence-corrected chi connectivity index (χ4v) is 4.01. The summed E-state index contributed by atoms with van der Waals surface area (Å²) in [6.45, 7) is 6.22. The lowest BCUT2D eigenvalue weighted by Crippen LogP contribution is -3.00. The molecule has 1 aliphatic heterocycles. The Labute approximate surface area is 204 Å². The average Bonchev–Trinajstić information content (AvgIpc) is 2.80. The molecule has 5 nitrogen and oxygen atoms in total. The van der Waals surface area contributed by atoms with E-state index in [-0.39, 0.29) is 24.0 Å². The van der Waals surface area contributed by atoms with Crippen molar-refractivity contribution in [3.63, 3.8) is 0 Å². The Morgan fingerprint density at radius 1 is 0.938 bits per heavy atom. The van der Waals surface area contributed by atoms with E-state index in [9.17, 15) is 0 Å². The molecule has 0 radical (unpaired) electrons. The highest BCUT2D eigenvalue weighted by atomic mass is 127. The van der Waals surface area contributed by atoms with Gasteiger partial charge in [0.05, 0.1) is 11.0 Å². The van der Waals surface area contributed by atoms with E-state index in [4.69, 9.17) is 14.4 Å². The van der Waals surface area contributed by atoms with Crippen molar-refractivity contribution in [3.8, 4) is 11.5 Å². The van der Waals surface area contributed by atoms with Crippen molar-refractivity contribution in [2.45, 2.75) is 13.8 Å². The Hall–Kier alpha value is -3.00. The van der Waals surface area contributed by atoms with E-state index >= 15 is 0 Å². The molecule has 0 atom stereocenters. The highest BCUT2D eigenvalue weighted by molar-refractivity contribution is 5.96. The number of hydrogen-bond donors (Lipinski definition) is 0. The van der Waals surface area contributed by atoms with Crippen molar-refractivity contribution in [3.05, 3.63) is 78.4 Å². The molecule has 6 heteroatoms. The van der Waals surface area contributed by atoms with Crippen molar-refractivity contribution >= 4 is 33.2 Å². The normalized spacial score (nSPS) is 11.8. The molecule has 2 aliphatic rings. The summed E-state index contributed by atoms with van der Waals surface area (Å²) in [5.41, 5.74) is 4.54. The van der Waals surface area contributed by atoms with Gasteiger partial charge in [0.2, 0.25) is 0 Å². The monoisotopic (exact) mass is 536 g/mol. The zero-order valence-electron chi connectivity index (χ0n) is 18.4. The van der Waals surface area contributed by atoms with Gasteiger partial charge in [-0.05, 0) is 26.0 Å². The second-order valence-electron chi connectivity index (χ2n) is 7.66. The summed E-state index contributed by atoms with van der Waals surface area (Å²) in [7, 11) is 2.00. The minimum absolute atomic E-state index is 0. The van der Waals surface area contributed by atoms with Gasteiger partial charge in [-0.2, -0.15) is 0 Å². The summed E-state index contributed by atoms with van der Waals surface area (Å²) in [5.74, 6) is 0.739. The molecule has 0 saturated carbocycles. The molecule has 2 aromatic carbocycles. The van der Waals surface area contributed by atoms with Gasteiger partial charge in [-0.15, -0.1) is 0 Å². The van der Waals surface area contributed by atoms with Gasteiger partial charge in [0.1, 0.15) is 18.3 Å². The maximum Gasteiger partial charge on any atom is 0.170 e. The molecule has 0 spiro atoms. The Morgan fingerprint density at radius 3 is 2.38 bits per heavy atom. The first-order chi connectivity index (χ1) is 15.2. The molecule has 0 unspecified atom stereocenters. The van der Waals surface area contributed by atoms with Gasteiger partial charge in [0.15, 0.2) is 23.7 Å². The van der Waals surface area contributed by atoms with E-state index in [2.05, 4.69) is 43.0 Å². The third-order valence-corrected chi connectivity index (χ3v) is 5.69. The predicted octanol–water partition coefficient (Wildman–Crippen LogP) is 1.99. The van der Waals surface area contributed by atoms with Gasteiger partial charge >= 0.3 is 0 Å². The number of pyridine rings is 1. The third-order valence-electron chi connectivity index (χ3n) is 5.69. The summed E-state index contributed by atoms with van der Waals surface area (Å²) in [6, 6.07) is 20.5. The standard InChI is InChI=1S/C26H25N4O.HI/c1-4-30(5-2)19-10-11-22-24(16-19)31-25-17-23(27-18-12-14-29(3)15-13-18)20-8-6-7-9-21(20)26(25)28-22;/h6-17H,4-5H2,1-3H3;1H/q+1;/p-1. The third kappa shape index (κ3) is 4.07. The van der Waals surface area contributed by atoms with Gasteiger partial charge in [0.25, 0.3) is 0 Å². The van der Waals surface area contributed by atoms with Crippen molar-refractivity contribution in [2.24, 2.45) is 12.0 Å². The number of benzene rings is 3. The summed E-state index contributed by atoms with van der Waals surface area (Å²) in [4.78, 5) is 12.2. The Kier molecular flexibility index (Phi) is 6.41. The van der Waals surface area contributed by atoms with Crippen LogP contribution in [0.4, 0.5) is 11.4 Å². The molecular formula is C26H25IN4O. The maximum absolute atomic E-state index is 6.38. The highest BCUT2D eigenvalue weighted by Gasteiger charge is 2.15. The van der Waals surface area contributed by atoms with Crippen LogP contribution in [0.25, 0.3) is 33.3 Å². The van der Waals surface area contributed by atoms with Crippen LogP contribution in [0.15, 0.2) is 82.5 Å². The van der Waals surface area contributed by atoms with E-state index in [1.807, 2.05) is 60.4 Å². The topological polar surface area (TPSA) is 45.5 Å². The molecule has 0 amide bonds. The van der Waals surface area contributed by atoms with Gasteiger partial charge < -0.3 is 33.3 Å². The lowest BCUT2D eigenvalue weighted by Gasteiger charge is -2.21. The Morgan fingerprint density at radius 2 is 1.66 bits per heavy atom. The van der Waals surface area contributed by atoms with Crippen molar-refractivity contribution in [1.29, 1.82) is 0 Å². The molecule has 0 bridgehead atoms. The van der Waals surface area contributed by atoms with Crippen LogP contribution < -0.4 is 38.8 Å². The van der Waals surface area contributed by atoms with Crippen LogP contribution in [-0.4, -0.2) is 18.1 Å². The Balaban J connectivity index is 0.00000245. The molecule has 32 heavy (non-hydrogen) atoms. The molecule has 1 aromatic heterocycles. The number of nitrogens with zero attached hydrogens (tertiary/aromatic N) is 4. The zero-order chi connectivity index (χ0) is 21.4. The quantitative estimate of drug-likeness (QED) is 0.153. The van der Waals surface area contributed by atoms with Crippen LogP contribution in [0.5, 0.6) is 0 Å². The van der Waals surface area contributed by atoms with Crippen LogP contribution in [-0.2, 0) is 7.05 Å². The number of halogens is 1. The van der Waals surface area contributed by atoms with Gasteiger partial charge in [0, 0.05) is 53.8 Å². The number of aromatic nitrogens is 2. The molecule has 3 aromatic rings. The molecule has 162 valence electrons. The first-order valence-electron chi connectivity index (χ1n) is 10.7. The molecular weight excluding hydrogens is 511 g/mol. The second-order valence-corrected chi connectivity index (χ2v) is 7.66. The van der Waals surface area contributed by atoms with Gasteiger partial charge in [-0.25, -0.2) is 14.5 Å². The van der Waals surface area contributed by atoms with Crippen LogP contribution in [0.2, 0.25) is 0 Å². The summed E-state index contributed by atoms with van der Waals surface area (Å²) >= 11 is 0. The lowest BCUT2D eigenvalue weighted by atomic mass is 10.0. The maximum atomic E-state index is 6.38. The molecule has 5 rings (SSSR count). The van der Waals surface area contributed by atoms with Gasteiger partial charge in [-0.1, -0.05) is 24.3 Å². The lowest BCUT2D eigenvalue weighted by molar-refractivity contribution is -0.671. The highest BCUT2D eigenvalue weighted by Crippen LogP contribution is 2.31. The van der Waals surface area contributed by atoms with Crippen molar-refractivity contribution in [2.75, 3.05) is 18.0 Å². The number of anilines is 1. The summed E-state index contributed by atoms with van der Waals surface area (Å²) in [5, 5.41) is 2.98. The minimum atomic E-state index is 0. The molecule has 0 fully saturated rings. The van der Waals surface area contributed by atoms with E-state index in [1.165, 1.54) is 0 Å². The fourth-order valence-electron chi connectivity index (χ4n) is 4.01. The molecule has 0 N–H and O–H groups in total. The van der Waals surface area contributed by atoms with Gasteiger partial charge in [-0.3, -0.25) is 0 Å². The minimum Gasteiger partial charge on any atom is -1.00 e. The second kappa shape index (κ2) is 9.24. The van der Waals surface area contributed by atoms with E-state index in [1.54, 1.807) is 0 Å². The SMILES string of the molecule is CCN(CC)c1ccc2nc3c4ccccc4c(=Nc4cc[n+](C)cc4)cc-3oc2c1.[I-]. The van der Waals surface area contributed by atoms with E-state index in [0.717, 1.165) is 63.1 Å². The molecule has 2 heterocycles.